The second kappa shape index (κ2) is 9.32. The number of ketones is 1. The van der Waals surface area contributed by atoms with Crippen LogP contribution in [0.1, 0.15) is 40.7 Å². The molecule has 1 aliphatic carbocycles. The summed E-state index contributed by atoms with van der Waals surface area (Å²) < 4.78 is 10.8. The first-order valence-electron chi connectivity index (χ1n) is 9.74. The van der Waals surface area contributed by atoms with Crippen molar-refractivity contribution in [3.8, 4) is 23.8 Å². The first-order chi connectivity index (χ1) is 14.5. The van der Waals surface area contributed by atoms with Crippen LogP contribution >= 0.6 is 0 Å². The summed E-state index contributed by atoms with van der Waals surface area (Å²) in [5.41, 5.74) is 1.79. The van der Waals surface area contributed by atoms with Gasteiger partial charge in [-0.1, -0.05) is 43.2 Å². The minimum Gasteiger partial charge on any atom is -0.493 e. The lowest BCUT2D eigenvalue weighted by molar-refractivity contribution is -0.123. The van der Waals surface area contributed by atoms with E-state index in [0.29, 0.717) is 11.5 Å². The number of benzene rings is 2. The lowest BCUT2D eigenvalue weighted by Gasteiger charge is -2.42. The summed E-state index contributed by atoms with van der Waals surface area (Å²) in [5.74, 6) is 2.43. The molecule has 0 spiro atoms. The second-order valence-electron chi connectivity index (χ2n) is 7.38. The van der Waals surface area contributed by atoms with Crippen LogP contribution in [0.2, 0.25) is 0 Å². The Balaban J connectivity index is 1.77. The van der Waals surface area contributed by atoms with Crippen molar-refractivity contribution in [2.24, 2.45) is 11.8 Å². The van der Waals surface area contributed by atoms with Crippen LogP contribution in [0.4, 0.5) is 0 Å². The quantitative estimate of drug-likeness (QED) is 0.521. The highest BCUT2D eigenvalue weighted by Gasteiger charge is 2.43. The molecule has 3 unspecified atom stereocenters. The number of carbonyl (C=O) groups is 2. The zero-order valence-corrected chi connectivity index (χ0v) is 17.0. The number of terminal acetylenes is 1. The third kappa shape index (κ3) is 4.38. The van der Waals surface area contributed by atoms with Crippen molar-refractivity contribution in [1.82, 2.24) is 0 Å². The molecule has 0 heterocycles. The summed E-state index contributed by atoms with van der Waals surface area (Å²) in [4.78, 5) is 24.4. The monoisotopic (exact) mass is 404 g/mol. The maximum absolute atomic E-state index is 12.9. The fourth-order valence-corrected chi connectivity index (χ4v) is 4.02. The molecule has 2 aromatic rings. The predicted octanol–water partition coefficient (Wildman–Crippen LogP) is 4.43. The van der Waals surface area contributed by atoms with Crippen molar-refractivity contribution in [1.29, 1.82) is 0 Å². The second-order valence-corrected chi connectivity index (χ2v) is 7.38. The molecule has 1 fully saturated rings. The number of allylic oxidation sites excluding steroid dienone is 1. The van der Waals surface area contributed by atoms with Crippen LogP contribution in [-0.2, 0) is 4.79 Å². The van der Waals surface area contributed by atoms with Gasteiger partial charge in [0.15, 0.2) is 17.3 Å². The zero-order chi connectivity index (χ0) is 21.7. The highest BCUT2D eigenvalue weighted by atomic mass is 16.5. The normalized spacial score (nSPS) is 20.2. The van der Waals surface area contributed by atoms with E-state index in [1.807, 2.05) is 18.2 Å². The summed E-state index contributed by atoms with van der Waals surface area (Å²) in [6, 6.07) is 12.3. The highest BCUT2D eigenvalue weighted by Crippen LogP contribution is 2.49. The Morgan fingerprint density at radius 1 is 1.23 bits per heavy atom. The van der Waals surface area contributed by atoms with E-state index >= 15 is 0 Å². The number of hydrogen-bond acceptors (Lipinski definition) is 4. The molecule has 5 nitrogen and oxygen atoms in total. The minimum atomic E-state index is -0.967. The van der Waals surface area contributed by atoms with E-state index in [4.69, 9.17) is 15.9 Å². The van der Waals surface area contributed by atoms with Gasteiger partial charge in [0.05, 0.1) is 12.7 Å². The Morgan fingerprint density at radius 2 is 2.00 bits per heavy atom. The van der Waals surface area contributed by atoms with Crippen LogP contribution in [0.5, 0.6) is 11.5 Å². The van der Waals surface area contributed by atoms with E-state index in [1.54, 1.807) is 36.4 Å². The molecule has 5 heteroatoms. The van der Waals surface area contributed by atoms with E-state index in [1.165, 1.54) is 7.11 Å². The Hall–Kier alpha value is -3.52. The molecule has 0 bridgehead atoms. The number of methoxy groups -OCH3 is 1. The number of rotatable bonds is 8. The average molecular weight is 404 g/mol. The maximum atomic E-state index is 12.9. The molecule has 3 rings (SSSR count). The third-order valence-electron chi connectivity index (χ3n) is 5.53. The topological polar surface area (TPSA) is 72.8 Å². The number of carboxylic acid groups (broad SMARTS) is 1. The van der Waals surface area contributed by atoms with Gasteiger partial charge >= 0.3 is 5.97 Å². The molecule has 0 radical (unpaired) electrons. The van der Waals surface area contributed by atoms with Gasteiger partial charge in [-0.2, -0.15) is 0 Å². The Kier molecular flexibility index (Phi) is 6.58. The van der Waals surface area contributed by atoms with Crippen molar-refractivity contribution in [2.45, 2.75) is 19.3 Å². The molecule has 2 aromatic carbocycles. The van der Waals surface area contributed by atoms with Crippen LogP contribution in [-0.4, -0.2) is 30.6 Å². The number of hydrogen-bond donors (Lipinski definition) is 1. The van der Waals surface area contributed by atoms with Gasteiger partial charge in [-0.25, -0.2) is 4.79 Å². The molecule has 0 saturated heterocycles. The molecule has 3 atom stereocenters. The van der Waals surface area contributed by atoms with Crippen LogP contribution in [0.3, 0.4) is 0 Å². The summed E-state index contributed by atoms with van der Waals surface area (Å²) in [6.45, 7) is 2.19. The van der Waals surface area contributed by atoms with Crippen LogP contribution < -0.4 is 9.47 Å². The largest absolute Gasteiger partial charge is 0.493 e. The van der Waals surface area contributed by atoms with Gasteiger partial charge in [0, 0.05) is 5.92 Å². The minimum absolute atomic E-state index is 0.00934. The van der Waals surface area contributed by atoms with Gasteiger partial charge in [0.2, 0.25) is 0 Å². The Labute approximate surface area is 176 Å². The van der Waals surface area contributed by atoms with Gasteiger partial charge in [-0.15, -0.1) is 6.42 Å². The number of carbonyl (C=O) groups excluding carboxylic acids is 1. The summed E-state index contributed by atoms with van der Waals surface area (Å²) in [5, 5.41) is 9.49. The van der Waals surface area contributed by atoms with Crippen molar-refractivity contribution in [3.05, 3.63) is 65.2 Å². The molecule has 0 aromatic heterocycles. The zero-order valence-electron chi connectivity index (χ0n) is 17.0. The van der Waals surface area contributed by atoms with Gasteiger partial charge in [0.1, 0.15) is 6.61 Å². The van der Waals surface area contributed by atoms with E-state index in [0.717, 1.165) is 17.5 Å². The van der Waals surface area contributed by atoms with Crippen molar-refractivity contribution in [2.75, 3.05) is 13.7 Å². The van der Waals surface area contributed by atoms with Gasteiger partial charge in [-0.3, -0.25) is 4.79 Å². The number of aromatic carboxylic acids is 1. The van der Waals surface area contributed by atoms with Crippen molar-refractivity contribution < 1.29 is 24.2 Å². The van der Waals surface area contributed by atoms with Crippen molar-refractivity contribution in [3.63, 3.8) is 0 Å². The average Bonchev–Trinajstić information content (AvgIpc) is 2.74. The van der Waals surface area contributed by atoms with E-state index < -0.39 is 5.97 Å². The van der Waals surface area contributed by atoms with E-state index in [-0.39, 0.29) is 35.7 Å². The van der Waals surface area contributed by atoms with Gasteiger partial charge in [0.25, 0.3) is 0 Å². The first kappa shape index (κ1) is 21.2. The Morgan fingerprint density at radius 3 is 2.67 bits per heavy atom. The predicted molar refractivity (Wildman–Crippen MR) is 115 cm³/mol. The smallest absolute Gasteiger partial charge is 0.335 e. The van der Waals surface area contributed by atoms with E-state index in [2.05, 4.69) is 12.8 Å². The molecule has 1 aliphatic rings. The fraction of sp³-hybridized carbons (Fsp3) is 0.280. The molecule has 1 saturated carbocycles. The number of carboxylic acids is 1. The highest BCUT2D eigenvalue weighted by molar-refractivity contribution is 5.97. The van der Waals surface area contributed by atoms with E-state index in [9.17, 15) is 14.7 Å². The van der Waals surface area contributed by atoms with Gasteiger partial charge < -0.3 is 14.6 Å². The summed E-state index contributed by atoms with van der Waals surface area (Å²) in [7, 11) is 1.54. The maximum Gasteiger partial charge on any atom is 0.335 e. The molecular weight excluding hydrogens is 380 g/mol. The first-order valence-corrected chi connectivity index (χ1v) is 9.74. The molecule has 0 aliphatic heterocycles. The lowest BCUT2D eigenvalue weighted by atomic mass is 9.60. The Bertz CT molecular complexity index is 1010. The van der Waals surface area contributed by atoms with Gasteiger partial charge in [-0.05, 0) is 53.7 Å². The molecule has 0 amide bonds. The lowest BCUT2D eigenvalue weighted by Crippen LogP contribution is -2.38. The molecule has 30 heavy (non-hydrogen) atoms. The molecule has 154 valence electrons. The standard InChI is InChI=1S/C25H24O5/c1-4-13-30-22-12-10-17(15-23(22)29-3)9-11-21(26)20-14-16(2)24(20)18-7-5-6-8-19(18)25(27)28/h1,5-12,15-16,20,24H,13-14H2,2-3H3,(H,27,28). The molecular formula is C25H24O5. The fourth-order valence-electron chi connectivity index (χ4n) is 4.02. The van der Waals surface area contributed by atoms with Crippen LogP contribution in [0.15, 0.2) is 48.5 Å². The van der Waals surface area contributed by atoms with Crippen LogP contribution in [0.25, 0.3) is 6.08 Å². The summed E-state index contributed by atoms with van der Waals surface area (Å²) in [6.07, 6.45) is 9.25. The van der Waals surface area contributed by atoms with Crippen LogP contribution in [0, 0.1) is 24.2 Å². The number of ether oxygens (including phenoxy) is 2. The third-order valence-corrected chi connectivity index (χ3v) is 5.53. The van der Waals surface area contributed by atoms with Crippen molar-refractivity contribution >= 4 is 17.8 Å². The molecule has 1 N–H and O–H groups in total. The summed E-state index contributed by atoms with van der Waals surface area (Å²) >= 11 is 0. The SMILES string of the molecule is C#CCOc1ccc(C=CC(=O)C2CC(C)C2c2ccccc2C(=O)O)cc1OC.